The molecule has 0 aliphatic carbocycles. The number of thiazole rings is 1. The van der Waals surface area contributed by atoms with Crippen molar-refractivity contribution in [1.82, 2.24) is 4.98 Å². The van der Waals surface area contributed by atoms with Gasteiger partial charge in [-0.1, -0.05) is 18.2 Å². The Morgan fingerprint density at radius 1 is 1.15 bits per heavy atom. The van der Waals surface area contributed by atoms with Crippen molar-refractivity contribution in [2.45, 2.75) is 6.92 Å². The molecule has 0 aliphatic heterocycles. The number of carbonyl (C=O) groups is 2. The average Bonchev–Trinajstić information content (AvgIpc) is 3.33. The highest BCUT2D eigenvalue weighted by atomic mass is 32.1. The number of ether oxygens (including phenoxy) is 2. The van der Waals surface area contributed by atoms with E-state index >= 15 is 0 Å². The molecular weight excluding hydrogens is 372 g/mol. The third-order valence-electron chi connectivity index (χ3n) is 3.24. The van der Waals surface area contributed by atoms with E-state index in [1.54, 1.807) is 34.9 Å². The summed E-state index contributed by atoms with van der Waals surface area (Å²) in [5, 5.41) is 6.99. The van der Waals surface area contributed by atoms with Gasteiger partial charge < -0.3 is 14.8 Å². The molecule has 0 radical (unpaired) electrons. The Labute approximate surface area is 158 Å². The molecule has 0 unspecified atom stereocenters. The number of anilines is 1. The summed E-state index contributed by atoms with van der Waals surface area (Å²) in [6.45, 7) is 1.95. The number of rotatable bonds is 7. The van der Waals surface area contributed by atoms with Gasteiger partial charge in [-0.3, -0.25) is 4.79 Å². The second kappa shape index (κ2) is 8.59. The maximum atomic E-state index is 12.1. The van der Waals surface area contributed by atoms with Gasteiger partial charge in [0, 0.05) is 5.38 Å². The fourth-order valence-electron chi connectivity index (χ4n) is 2.12. The molecule has 1 N–H and O–H groups in total. The van der Waals surface area contributed by atoms with Crippen molar-refractivity contribution in [3.8, 4) is 15.6 Å². The van der Waals surface area contributed by atoms with Crippen molar-refractivity contribution >= 4 is 40.2 Å². The Kier molecular flexibility index (Phi) is 5.98. The predicted molar refractivity (Wildman–Crippen MR) is 102 cm³/mol. The Morgan fingerprint density at radius 2 is 2.00 bits per heavy atom. The Morgan fingerprint density at radius 3 is 2.77 bits per heavy atom. The van der Waals surface area contributed by atoms with Crippen molar-refractivity contribution in [2.24, 2.45) is 0 Å². The van der Waals surface area contributed by atoms with E-state index in [2.05, 4.69) is 10.3 Å². The van der Waals surface area contributed by atoms with E-state index in [1.807, 2.05) is 30.5 Å². The molecule has 2 aromatic heterocycles. The van der Waals surface area contributed by atoms with E-state index in [0.29, 0.717) is 18.0 Å². The van der Waals surface area contributed by atoms with Crippen LogP contribution in [0.1, 0.15) is 17.4 Å². The highest BCUT2D eigenvalue weighted by molar-refractivity contribution is 7.20. The zero-order valence-electron chi connectivity index (χ0n) is 13.9. The maximum absolute atomic E-state index is 12.1. The van der Waals surface area contributed by atoms with E-state index in [0.717, 1.165) is 9.88 Å². The quantitative estimate of drug-likeness (QED) is 0.618. The molecule has 0 spiro atoms. The number of hydrogen-bond acceptors (Lipinski definition) is 7. The second-order valence-corrected chi connectivity index (χ2v) is 6.87. The zero-order valence-corrected chi connectivity index (χ0v) is 15.6. The number of esters is 1. The summed E-state index contributed by atoms with van der Waals surface area (Å²) in [4.78, 5) is 29.4. The number of carbonyl (C=O) groups excluding carboxylic acids is 2. The van der Waals surface area contributed by atoms with Gasteiger partial charge in [-0.2, -0.15) is 0 Å². The third kappa shape index (κ3) is 4.47. The van der Waals surface area contributed by atoms with Crippen LogP contribution >= 0.6 is 22.7 Å². The smallest absolute Gasteiger partial charge is 0.358 e. The maximum Gasteiger partial charge on any atom is 0.358 e. The first kappa shape index (κ1) is 18.1. The fourth-order valence-corrected chi connectivity index (χ4v) is 3.73. The van der Waals surface area contributed by atoms with Gasteiger partial charge >= 0.3 is 5.97 Å². The van der Waals surface area contributed by atoms with E-state index in [-0.39, 0.29) is 5.69 Å². The van der Waals surface area contributed by atoms with E-state index in [4.69, 9.17) is 9.47 Å². The predicted octanol–water partition coefficient (Wildman–Crippen LogP) is 4.07. The topological polar surface area (TPSA) is 77.5 Å². The fraction of sp³-hybridized carbons (Fsp3) is 0.167. The van der Waals surface area contributed by atoms with Crippen LogP contribution in [0.3, 0.4) is 0 Å². The lowest BCUT2D eigenvalue weighted by Crippen LogP contribution is -2.21. The summed E-state index contributed by atoms with van der Waals surface area (Å²) in [6.07, 6.45) is 0. The summed E-state index contributed by atoms with van der Waals surface area (Å²) >= 11 is 2.91. The first-order chi connectivity index (χ1) is 12.7. The van der Waals surface area contributed by atoms with E-state index in [1.165, 1.54) is 11.3 Å². The van der Waals surface area contributed by atoms with Gasteiger partial charge in [0.05, 0.1) is 17.2 Å². The van der Waals surface area contributed by atoms with Gasteiger partial charge in [-0.15, -0.1) is 22.7 Å². The molecule has 134 valence electrons. The first-order valence-corrected chi connectivity index (χ1v) is 9.61. The summed E-state index contributed by atoms with van der Waals surface area (Å²) in [6, 6.07) is 10.9. The normalized spacial score (nSPS) is 10.3. The van der Waals surface area contributed by atoms with Crippen molar-refractivity contribution in [2.75, 3.05) is 18.5 Å². The van der Waals surface area contributed by atoms with Gasteiger partial charge in [-0.25, -0.2) is 9.78 Å². The van der Waals surface area contributed by atoms with Crippen LogP contribution in [0.4, 0.5) is 5.69 Å². The minimum atomic E-state index is -0.628. The number of nitrogens with one attached hydrogen (secondary N) is 1. The molecule has 3 rings (SSSR count). The summed E-state index contributed by atoms with van der Waals surface area (Å²) in [5.74, 6) is -0.508. The zero-order chi connectivity index (χ0) is 18.4. The lowest BCUT2D eigenvalue weighted by atomic mass is 10.3. The summed E-state index contributed by atoms with van der Waals surface area (Å²) < 4.78 is 10.5. The van der Waals surface area contributed by atoms with Gasteiger partial charge in [0.2, 0.25) is 0 Å². The monoisotopic (exact) mass is 388 g/mol. The van der Waals surface area contributed by atoms with E-state index in [9.17, 15) is 9.59 Å². The molecule has 1 amide bonds. The number of para-hydroxylation sites is 2. The van der Waals surface area contributed by atoms with Crippen molar-refractivity contribution in [3.63, 3.8) is 0 Å². The molecule has 0 saturated heterocycles. The minimum Gasteiger partial charge on any atom is -0.492 e. The standard InChI is InChI=1S/C18H16N2O4S2/c1-2-23-14-7-4-3-6-12(14)19-16(21)10-24-18(22)13-11-26-17(20-13)15-8-5-9-25-15/h3-9,11H,2,10H2,1H3,(H,19,21). The number of amides is 1. The average molecular weight is 388 g/mol. The van der Waals surface area contributed by atoms with Crippen molar-refractivity contribution in [1.29, 1.82) is 0 Å². The molecule has 6 nitrogen and oxygen atoms in total. The van der Waals surface area contributed by atoms with Gasteiger partial charge in [0.15, 0.2) is 12.3 Å². The number of hydrogen-bond donors (Lipinski definition) is 1. The van der Waals surface area contributed by atoms with Crippen LogP contribution in [0.2, 0.25) is 0 Å². The number of aromatic nitrogens is 1. The van der Waals surface area contributed by atoms with Crippen molar-refractivity contribution < 1.29 is 19.1 Å². The number of nitrogens with zero attached hydrogens (tertiary/aromatic N) is 1. The Bertz CT molecular complexity index is 890. The molecule has 26 heavy (non-hydrogen) atoms. The molecule has 3 aromatic rings. The van der Waals surface area contributed by atoms with Crippen LogP contribution in [-0.2, 0) is 9.53 Å². The first-order valence-electron chi connectivity index (χ1n) is 7.85. The summed E-state index contributed by atoms with van der Waals surface area (Å²) in [7, 11) is 0. The Balaban J connectivity index is 1.55. The van der Waals surface area contributed by atoms with Crippen LogP contribution in [-0.4, -0.2) is 30.1 Å². The molecule has 0 aliphatic rings. The van der Waals surface area contributed by atoms with Crippen LogP contribution in [0.5, 0.6) is 5.75 Å². The molecule has 8 heteroatoms. The van der Waals surface area contributed by atoms with Crippen LogP contribution in [0, 0.1) is 0 Å². The van der Waals surface area contributed by atoms with Gasteiger partial charge in [0.1, 0.15) is 10.8 Å². The SMILES string of the molecule is CCOc1ccccc1NC(=O)COC(=O)c1csc(-c2cccs2)n1. The molecule has 0 fully saturated rings. The molecule has 0 bridgehead atoms. The van der Waals surface area contributed by atoms with Crippen LogP contribution in [0.15, 0.2) is 47.2 Å². The minimum absolute atomic E-state index is 0.195. The second-order valence-electron chi connectivity index (χ2n) is 5.07. The lowest BCUT2D eigenvalue weighted by molar-refractivity contribution is -0.119. The van der Waals surface area contributed by atoms with Crippen LogP contribution in [0.25, 0.3) is 9.88 Å². The summed E-state index contributed by atoms with van der Waals surface area (Å²) in [5.41, 5.74) is 0.727. The molecule has 0 saturated carbocycles. The van der Waals surface area contributed by atoms with Gasteiger partial charge in [-0.05, 0) is 30.5 Å². The molecule has 1 aromatic carbocycles. The highest BCUT2D eigenvalue weighted by Gasteiger charge is 2.16. The third-order valence-corrected chi connectivity index (χ3v) is 5.12. The number of thiophene rings is 1. The molecule has 0 atom stereocenters. The lowest BCUT2D eigenvalue weighted by Gasteiger charge is -2.11. The molecule has 2 heterocycles. The molecular formula is C18H16N2O4S2. The van der Waals surface area contributed by atoms with Crippen LogP contribution < -0.4 is 10.1 Å². The highest BCUT2D eigenvalue weighted by Crippen LogP contribution is 2.28. The van der Waals surface area contributed by atoms with Crippen molar-refractivity contribution in [3.05, 3.63) is 52.9 Å². The largest absolute Gasteiger partial charge is 0.492 e. The number of benzene rings is 1. The van der Waals surface area contributed by atoms with E-state index < -0.39 is 18.5 Å². The Hall–Kier alpha value is -2.71. The van der Waals surface area contributed by atoms with Gasteiger partial charge in [0.25, 0.3) is 5.91 Å².